The molecule has 5 heteroatoms. The first kappa shape index (κ1) is 23.4. The number of anilines is 2. The van der Waals surface area contributed by atoms with Gasteiger partial charge in [0.05, 0.1) is 5.52 Å². The molecule has 3 aromatic rings. The van der Waals surface area contributed by atoms with Gasteiger partial charge in [-0.05, 0) is 68.4 Å². The van der Waals surface area contributed by atoms with Crippen molar-refractivity contribution in [3.63, 3.8) is 0 Å². The highest BCUT2D eigenvalue weighted by Crippen LogP contribution is 2.30. The smallest absolute Gasteiger partial charge is 0.120 e. The summed E-state index contributed by atoms with van der Waals surface area (Å²) >= 11 is 6.12. The summed E-state index contributed by atoms with van der Waals surface area (Å²) in [6.07, 6.45) is 9.12. The first-order chi connectivity index (χ1) is 15.1. The van der Waals surface area contributed by atoms with E-state index in [0.717, 1.165) is 47.5 Å². The number of aromatic nitrogens is 1. The number of phenols is 1. The molecule has 3 rings (SSSR count). The van der Waals surface area contributed by atoms with Crippen LogP contribution >= 0.6 is 11.6 Å². The van der Waals surface area contributed by atoms with Gasteiger partial charge in [0, 0.05) is 40.1 Å². The lowest BCUT2D eigenvalue weighted by Gasteiger charge is -2.23. The van der Waals surface area contributed by atoms with Gasteiger partial charge in [0.2, 0.25) is 0 Å². The van der Waals surface area contributed by atoms with Crippen LogP contribution in [0.4, 0.5) is 11.4 Å². The molecule has 0 unspecified atom stereocenters. The number of benzene rings is 2. The number of hydrogen-bond acceptors (Lipinski definition) is 4. The average molecular weight is 440 g/mol. The lowest BCUT2D eigenvalue weighted by molar-refractivity contribution is 0.250. The van der Waals surface area contributed by atoms with Crippen LogP contribution in [0.1, 0.15) is 57.9 Å². The number of rotatable bonds is 12. The van der Waals surface area contributed by atoms with Crippen LogP contribution in [0.15, 0.2) is 48.7 Å². The van der Waals surface area contributed by atoms with Crippen LogP contribution in [0.25, 0.3) is 10.9 Å². The molecule has 0 amide bonds. The molecular weight excluding hydrogens is 406 g/mol. The van der Waals surface area contributed by atoms with Crippen LogP contribution in [0.2, 0.25) is 5.02 Å². The first-order valence-corrected chi connectivity index (χ1v) is 11.8. The van der Waals surface area contributed by atoms with Crippen LogP contribution in [-0.2, 0) is 6.54 Å². The third-order valence-corrected chi connectivity index (χ3v) is 5.85. The topological polar surface area (TPSA) is 48.4 Å². The fourth-order valence-corrected chi connectivity index (χ4v) is 4.02. The van der Waals surface area contributed by atoms with Crippen molar-refractivity contribution < 1.29 is 5.11 Å². The Morgan fingerprint density at radius 3 is 2.39 bits per heavy atom. The summed E-state index contributed by atoms with van der Waals surface area (Å²) < 4.78 is 0. The van der Waals surface area contributed by atoms with Crippen molar-refractivity contribution in [2.75, 3.05) is 18.4 Å². The quantitative estimate of drug-likeness (QED) is 0.226. The molecule has 1 aromatic heterocycles. The molecule has 0 atom stereocenters. The van der Waals surface area contributed by atoms with Crippen LogP contribution in [0.3, 0.4) is 0 Å². The molecule has 2 aromatic carbocycles. The van der Waals surface area contributed by atoms with E-state index in [4.69, 9.17) is 11.6 Å². The van der Waals surface area contributed by atoms with E-state index in [-0.39, 0.29) is 0 Å². The largest absolute Gasteiger partial charge is 0.508 e. The average Bonchev–Trinajstić information content (AvgIpc) is 2.76. The minimum absolute atomic E-state index is 0.355. The van der Waals surface area contributed by atoms with Gasteiger partial charge in [0.15, 0.2) is 0 Å². The number of nitrogens with one attached hydrogen (secondary N) is 1. The highest BCUT2D eigenvalue weighted by Gasteiger charge is 2.11. The first-order valence-electron chi connectivity index (χ1n) is 11.5. The molecule has 0 aliphatic rings. The minimum Gasteiger partial charge on any atom is -0.508 e. The number of hydrogen-bond donors (Lipinski definition) is 2. The van der Waals surface area contributed by atoms with E-state index >= 15 is 0 Å². The summed E-state index contributed by atoms with van der Waals surface area (Å²) in [7, 11) is 0. The van der Waals surface area contributed by atoms with Gasteiger partial charge in [-0.3, -0.25) is 9.88 Å². The SMILES string of the molecule is CCCCCN(CCCCC)Cc1cc(Nc2ccnc3cc(Cl)ccc23)ccc1O. The van der Waals surface area contributed by atoms with E-state index in [1.165, 1.54) is 38.5 Å². The predicted molar refractivity (Wildman–Crippen MR) is 132 cm³/mol. The second-order valence-electron chi connectivity index (χ2n) is 8.18. The Morgan fingerprint density at radius 2 is 1.68 bits per heavy atom. The molecule has 0 saturated carbocycles. The molecule has 0 spiro atoms. The molecule has 4 nitrogen and oxygen atoms in total. The summed E-state index contributed by atoms with van der Waals surface area (Å²) in [5, 5.41) is 15.7. The number of phenolic OH excluding ortho intramolecular Hbond substituents is 1. The van der Waals surface area contributed by atoms with Gasteiger partial charge in [-0.1, -0.05) is 51.1 Å². The third kappa shape index (κ3) is 6.84. The second-order valence-corrected chi connectivity index (χ2v) is 8.62. The summed E-state index contributed by atoms with van der Waals surface area (Å²) in [6.45, 7) is 7.38. The minimum atomic E-state index is 0.355. The Morgan fingerprint density at radius 1 is 0.935 bits per heavy atom. The predicted octanol–water partition coefficient (Wildman–Crippen LogP) is 7.52. The standard InChI is InChI=1S/C26H34ClN3O/c1-3-5-7-15-30(16-8-6-4-2)19-20-17-22(10-12-26(20)31)29-24-13-14-28-25-18-21(27)9-11-23(24)25/h9-14,17-18,31H,3-8,15-16,19H2,1-2H3,(H,28,29). The van der Waals surface area contributed by atoms with Crippen molar-refractivity contribution >= 4 is 33.9 Å². The van der Waals surface area contributed by atoms with Crippen molar-refractivity contribution in [1.82, 2.24) is 9.88 Å². The zero-order valence-electron chi connectivity index (χ0n) is 18.7. The maximum atomic E-state index is 10.5. The highest BCUT2D eigenvalue weighted by atomic mass is 35.5. The number of aromatic hydroxyl groups is 1. The summed E-state index contributed by atoms with van der Waals surface area (Å²) in [5.74, 6) is 0.355. The Hall–Kier alpha value is -2.30. The number of pyridine rings is 1. The Bertz CT molecular complexity index is 966. The van der Waals surface area contributed by atoms with Gasteiger partial charge in [0.25, 0.3) is 0 Å². The molecular formula is C26H34ClN3O. The fourth-order valence-electron chi connectivity index (χ4n) is 3.86. The molecule has 0 fully saturated rings. The maximum absolute atomic E-state index is 10.5. The monoisotopic (exact) mass is 439 g/mol. The van der Waals surface area contributed by atoms with Crippen LogP contribution in [0.5, 0.6) is 5.75 Å². The fraction of sp³-hybridized carbons (Fsp3) is 0.423. The van der Waals surface area contributed by atoms with Crippen molar-refractivity contribution in [2.24, 2.45) is 0 Å². The zero-order chi connectivity index (χ0) is 22.1. The van der Waals surface area contributed by atoms with Crippen molar-refractivity contribution in [2.45, 2.75) is 58.9 Å². The van der Waals surface area contributed by atoms with Gasteiger partial charge in [-0.15, -0.1) is 0 Å². The Kier molecular flexibility index (Phi) is 8.98. The number of unbranched alkanes of at least 4 members (excludes halogenated alkanes) is 4. The molecule has 0 saturated heterocycles. The van der Waals surface area contributed by atoms with Crippen molar-refractivity contribution in [1.29, 1.82) is 0 Å². The van der Waals surface area contributed by atoms with Gasteiger partial charge in [-0.25, -0.2) is 0 Å². The molecule has 166 valence electrons. The lowest BCUT2D eigenvalue weighted by atomic mass is 10.1. The van der Waals surface area contributed by atoms with Crippen LogP contribution in [0, 0.1) is 0 Å². The summed E-state index contributed by atoms with van der Waals surface area (Å²) in [5.41, 5.74) is 3.74. The molecule has 2 N–H and O–H groups in total. The molecule has 31 heavy (non-hydrogen) atoms. The van der Waals surface area contributed by atoms with Crippen molar-refractivity contribution in [3.05, 3.63) is 59.2 Å². The highest BCUT2D eigenvalue weighted by molar-refractivity contribution is 6.31. The number of nitrogens with zero attached hydrogens (tertiary/aromatic N) is 2. The summed E-state index contributed by atoms with van der Waals surface area (Å²) in [6, 6.07) is 13.5. The Labute approximate surface area is 191 Å². The molecule has 0 bridgehead atoms. The van der Waals surface area contributed by atoms with Crippen LogP contribution < -0.4 is 5.32 Å². The third-order valence-electron chi connectivity index (χ3n) is 5.61. The van der Waals surface area contributed by atoms with E-state index < -0.39 is 0 Å². The van der Waals surface area contributed by atoms with E-state index in [1.54, 1.807) is 12.3 Å². The van der Waals surface area contributed by atoms with E-state index in [0.29, 0.717) is 10.8 Å². The Balaban J connectivity index is 1.77. The van der Waals surface area contributed by atoms with E-state index in [9.17, 15) is 5.11 Å². The van der Waals surface area contributed by atoms with Crippen LogP contribution in [-0.4, -0.2) is 28.1 Å². The summed E-state index contributed by atoms with van der Waals surface area (Å²) in [4.78, 5) is 6.90. The maximum Gasteiger partial charge on any atom is 0.120 e. The van der Waals surface area contributed by atoms with E-state index in [2.05, 4.69) is 35.1 Å². The van der Waals surface area contributed by atoms with Gasteiger partial charge in [0.1, 0.15) is 5.75 Å². The van der Waals surface area contributed by atoms with Gasteiger partial charge >= 0.3 is 0 Å². The molecule has 0 radical (unpaired) electrons. The normalized spacial score (nSPS) is 11.4. The second kappa shape index (κ2) is 11.9. The lowest BCUT2D eigenvalue weighted by Crippen LogP contribution is -2.25. The zero-order valence-corrected chi connectivity index (χ0v) is 19.5. The van der Waals surface area contributed by atoms with E-state index in [1.807, 2.05) is 30.3 Å². The number of fused-ring (bicyclic) bond motifs is 1. The molecule has 1 heterocycles. The van der Waals surface area contributed by atoms with Gasteiger partial charge in [-0.2, -0.15) is 0 Å². The molecule has 0 aliphatic heterocycles. The van der Waals surface area contributed by atoms with Crippen molar-refractivity contribution in [3.8, 4) is 5.75 Å². The molecule has 0 aliphatic carbocycles. The van der Waals surface area contributed by atoms with Gasteiger partial charge < -0.3 is 10.4 Å². The number of halogens is 1.